The molecule has 8 heteroatoms. The van der Waals surface area contributed by atoms with Crippen LogP contribution in [0, 0.1) is 0 Å². The normalized spacial score (nSPS) is 11.6. The topological polar surface area (TPSA) is 67.9 Å². The molecule has 1 aromatic carbocycles. The lowest BCUT2D eigenvalue weighted by Crippen LogP contribution is -2.17. The highest BCUT2D eigenvalue weighted by Gasteiger charge is 2.12. The van der Waals surface area contributed by atoms with Gasteiger partial charge in [-0.15, -0.1) is 11.3 Å². The maximum Gasteiger partial charge on any atom is 0.241 e. The van der Waals surface area contributed by atoms with Crippen LogP contribution in [0.5, 0.6) is 0 Å². The Hall–Kier alpha value is -2.16. The first kappa shape index (κ1) is 14.4. The number of hydrogen-bond donors (Lipinski definition) is 0. The number of nitrogens with zero attached hydrogens (tertiary/aromatic N) is 5. The van der Waals surface area contributed by atoms with E-state index in [1.807, 2.05) is 30.6 Å². The average Bonchev–Trinajstić information content (AvgIpc) is 3.27. The van der Waals surface area contributed by atoms with Crippen LogP contribution >= 0.6 is 23.1 Å². The number of benzene rings is 1. The highest BCUT2D eigenvalue weighted by Crippen LogP contribution is 2.22. The lowest BCUT2D eigenvalue weighted by atomic mass is 10.2. The molecule has 3 heterocycles. The summed E-state index contributed by atoms with van der Waals surface area (Å²) in [5, 5.41) is 6.03. The van der Waals surface area contributed by atoms with Crippen LogP contribution in [0.3, 0.4) is 0 Å². The van der Waals surface area contributed by atoms with Crippen LogP contribution in [0.2, 0.25) is 0 Å². The minimum atomic E-state index is 0.603. The van der Waals surface area contributed by atoms with E-state index in [4.69, 9.17) is 4.52 Å². The Balaban J connectivity index is 1.44. The summed E-state index contributed by atoms with van der Waals surface area (Å²) >= 11 is 2.84. The molecule has 0 N–H and O–H groups in total. The van der Waals surface area contributed by atoms with Crippen molar-refractivity contribution in [2.24, 2.45) is 0 Å². The third kappa shape index (κ3) is 3.14. The van der Waals surface area contributed by atoms with Crippen molar-refractivity contribution >= 4 is 34.1 Å². The van der Waals surface area contributed by atoms with Crippen LogP contribution in [-0.4, -0.2) is 30.8 Å². The zero-order valence-corrected chi connectivity index (χ0v) is 14.0. The summed E-state index contributed by atoms with van der Waals surface area (Å²) in [7, 11) is 2.03. The molecule has 3 aromatic heterocycles. The van der Waals surface area contributed by atoms with Crippen molar-refractivity contribution in [3.05, 3.63) is 47.2 Å². The Labute approximate surface area is 140 Å². The van der Waals surface area contributed by atoms with Gasteiger partial charge < -0.3 is 4.52 Å². The third-order valence-corrected chi connectivity index (χ3v) is 4.81. The highest BCUT2D eigenvalue weighted by molar-refractivity contribution is 7.13. The van der Waals surface area contributed by atoms with Gasteiger partial charge >= 0.3 is 0 Å². The van der Waals surface area contributed by atoms with Gasteiger partial charge in [0.05, 0.1) is 23.2 Å². The van der Waals surface area contributed by atoms with Crippen LogP contribution in [0.4, 0.5) is 0 Å². The van der Waals surface area contributed by atoms with Crippen LogP contribution < -0.4 is 0 Å². The molecule has 116 valence electrons. The zero-order valence-electron chi connectivity index (χ0n) is 12.3. The van der Waals surface area contributed by atoms with Gasteiger partial charge in [-0.2, -0.15) is 13.7 Å². The second-order valence-electron chi connectivity index (χ2n) is 5.25. The lowest BCUT2D eigenvalue weighted by Gasteiger charge is -2.13. The molecule has 0 aliphatic rings. The molecule has 0 bridgehead atoms. The quantitative estimate of drug-likeness (QED) is 0.553. The van der Waals surface area contributed by atoms with Gasteiger partial charge in [-0.25, -0.2) is 0 Å². The summed E-state index contributed by atoms with van der Waals surface area (Å²) in [5.41, 5.74) is 3.07. The van der Waals surface area contributed by atoms with Gasteiger partial charge in [0.2, 0.25) is 11.7 Å². The van der Waals surface area contributed by atoms with Crippen molar-refractivity contribution in [2.75, 3.05) is 7.05 Å². The summed E-state index contributed by atoms with van der Waals surface area (Å²) in [5.74, 6) is 1.27. The highest BCUT2D eigenvalue weighted by atomic mass is 32.1. The first-order valence-corrected chi connectivity index (χ1v) is 8.65. The minimum absolute atomic E-state index is 0.603. The van der Waals surface area contributed by atoms with Crippen LogP contribution in [0.1, 0.15) is 11.5 Å². The van der Waals surface area contributed by atoms with Gasteiger partial charge in [0.15, 0.2) is 0 Å². The number of rotatable bonds is 5. The molecule has 0 atom stereocenters. The van der Waals surface area contributed by atoms with Crippen molar-refractivity contribution in [2.45, 2.75) is 13.1 Å². The fourth-order valence-corrected chi connectivity index (χ4v) is 3.52. The fraction of sp³-hybridized carbons (Fsp3) is 0.200. The van der Waals surface area contributed by atoms with Gasteiger partial charge in [0, 0.05) is 6.54 Å². The zero-order chi connectivity index (χ0) is 15.6. The maximum absolute atomic E-state index is 5.34. The molecule has 0 unspecified atom stereocenters. The molecular weight excluding hydrogens is 330 g/mol. The van der Waals surface area contributed by atoms with E-state index in [1.54, 1.807) is 11.3 Å². The Morgan fingerprint density at radius 2 is 2.04 bits per heavy atom. The van der Waals surface area contributed by atoms with E-state index in [0.29, 0.717) is 18.3 Å². The standard InChI is InChI=1S/C15H13N5OS2/c1-20(8-10-4-5-11-12(7-10)19-23-18-11)9-14-16-15(17-21-14)13-3-2-6-22-13/h2-7H,8-9H2,1H3. The molecule has 4 rings (SSSR count). The number of fused-ring (bicyclic) bond motifs is 1. The summed E-state index contributed by atoms with van der Waals surface area (Å²) in [6.45, 7) is 1.38. The molecule has 4 aromatic rings. The summed E-state index contributed by atoms with van der Waals surface area (Å²) in [6, 6.07) is 10.1. The van der Waals surface area contributed by atoms with Crippen LogP contribution in [0.25, 0.3) is 21.7 Å². The van der Waals surface area contributed by atoms with E-state index >= 15 is 0 Å². The van der Waals surface area contributed by atoms with Crippen molar-refractivity contribution in [3.63, 3.8) is 0 Å². The third-order valence-electron chi connectivity index (χ3n) is 3.39. The maximum atomic E-state index is 5.34. The number of thiophene rings is 1. The van der Waals surface area contributed by atoms with Gasteiger partial charge in [-0.3, -0.25) is 4.90 Å². The van der Waals surface area contributed by atoms with Crippen molar-refractivity contribution in [1.29, 1.82) is 0 Å². The number of hydrogen-bond acceptors (Lipinski definition) is 8. The van der Waals surface area contributed by atoms with E-state index < -0.39 is 0 Å². The van der Waals surface area contributed by atoms with Crippen molar-refractivity contribution in [1.82, 2.24) is 23.8 Å². The van der Waals surface area contributed by atoms with E-state index in [9.17, 15) is 0 Å². The van der Waals surface area contributed by atoms with Gasteiger partial charge in [0.25, 0.3) is 0 Å². The molecule has 0 fully saturated rings. The Morgan fingerprint density at radius 1 is 1.13 bits per heavy atom. The Kier molecular flexibility index (Phi) is 3.86. The van der Waals surface area contributed by atoms with Gasteiger partial charge in [0.1, 0.15) is 11.0 Å². The Bertz CT molecular complexity index is 915. The van der Waals surface area contributed by atoms with Crippen molar-refractivity contribution in [3.8, 4) is 10.7 Å². The van der Waals surface area contributed by atoms with Gasteiger partial charge in [-0.05, 0) is 36.2 Å². The molecule has 0 spiro atoms. The van der Waals surface area contributed by atoms with E-state index in [1.165, 1.54) is 17.3 Å². The molecule has 23 heavy (non-hydrogen) atoms. The van der Waals surface area contributed by atoms with E-state index in [-0.39, 0.29) is 0 Å². The molecule has 6 nitrogen and oxygen atoms in total. The minimum Gasteiger partial charge on any atom is -0.338 e. The van der Waals surface area contributed by atoms with E-state index in [0.717, 1.165) is 22.5 Å². The monoisotopic (exact) mass is 343 g/mol. The SMILES string of the molecule is CN(Cc1ccc2nsnc2c1)Cc1nc(-c2cccs2)no1. The molecule has 0 aliphatic carbocycles. The second-order valence-corrected chi connectivity index (χ2v) is 6.72. The Morgan fingerprint density at radius 3 is 2.91 bits per heavy atom. The summed E-state index contributed by atoms with van der Waals surface area (Å²) in [4.78, 5) is 7.60. The largest absolute Gasteiger partial charge is 0.338 e. The fourth-order valence-electron chi connectivity index (χ4n) is 2.35. The summed E-state index contributed by atoms with van der Waals surface area (Å²) in [6.07, 6.45) is 0. The first-order chi connectivity index (χ1) is 11.3. The smallest absolute Gasteiger partial charge is 0.241 e. The predicted molar refractivity (Wildman–Crippen MR) is 90.2 cm³/mol. The molecular formula is C15H13N5OS2. The van der Waals surface area contributed by atoms with E-state index in [2.05, 4.69) is 35.9 Å². The first-order valence-electron chi connectivity index (χ1n) is 7.04. The molecule has 0 saturated heterocycles. The molecule has 0 radical (unpaired) electrons. The number of aromatic nitrogens is 4. The summed E-state index contributed by atoms with van der Waals surface area (Å²) < 4.78 is 13.8. The van der Waals surface area contributed by atoms with Crippen LogP contribution in [0.15, 0.2) is 40.2 Å². The average molecular weight is 343 g/mol. The molecule has 0 saturated carbocycles. The molecule has 0 aliphatic heterocycles. The van der Waals surface area contributed by atoms with Crippen molar-refractivity contribution < 1.29 is 4.52 Å². The molecule has 0 amide bonds. The van der Waals surface area contributed by atoms with Crippen LogP contribution in [-0.2, 0) is 13.1 Å². The lowest BCUT2D eigenvalue weighted by molar-refractivity contribution is 0.261. The second kappa shape index (κ2) is 6.15. The van der Waals surface area contributed by atoms with Gasteiger partial charge in [-0.1, -0.05) is 17.3 Å². The predicted octanol–water partition coefficient (Wildman–Crippen LogP) is 3.43.